The van der Waals surface area contributed by atoms with E-state index in [0.29, 0.717) is 33.8 Å². The normalized spacial score (nSPS) is 10.2. The fourth-order valence-electron chi connectivity index (χ4n) is 2.62. The molecule has 0 unspecified atom stereocenters. The van der Waals surface area contributed by atoms with Gasteiger partial charge in [0.15, 0.2) is 11.5 Å². The van der Waals surface area contributed by atoms with Gasteiger partial charge in [-0.1, -0.05) is 30.3 Å². The van der Waals surface area contributed by atoms with Crippen LogP contribution in [0.2, 0.25) is 0 Å². The Balaban J connectivity index is 1.80. The molecule has 3 rings (SSSR count). The van der Waals surface area contributed by atoms with Gasteiger partial charge in [-0.2, -0.15) is 0 Å². The number of nitrogens with one attached hydrogen (secondary N) is 1. The molecule has 1 N–H and O–H groups in total. The number of rotatable bonds is 7. The van der Waals surface area contributed by atoms with E-state index in [1.54, 1.807) is 50.6 Å². The summed E-state index contributed by atoms with van der Waals surface area (Å²) in [6, 6.07) is 20.3. The minimum atomic E-state index is -0.252. The van der Waals surface area contributed by atoms with Gasteiger partial charge < -0.3 is 19.5 Å². The first-order valence-electron chi connectivity index (χ1n) is 8.60. The number of carbonyl (C=O) groups excluding carboxylic acids is 1. The van der Waals surface area contributed by atoms with Gasteiger partial charge in [0.05, 0.1) is 18.7 Å². The summed E-state index contributed by atoms with van der Waals surface area (Å²) in [5, 5.41) is 2.86. The molecule has 0 fully saturated rings. The van der Waals surface area contributed by atoms with Crippen LogP contribution in [0.5, 0.6) is 17.2 Å². The SMILES string of the molecule is COc1ccc(NC(=O)c2cc(Br)c(OC)c(OCc3ccccc3)c2)cc1. The van der Waals surface area contributed by atoms with E-state index >= 15 is 0 Å². The fourth-order valence-corrected chi connectivity index (χ4v) is 3.22. The molecule has 0 bridgehead atoms. The highest BCUT2D eigenvalue weighted by molar-refractivity contribution is 9.10. The lowest BCUT2D eigenvalue weighted by molar-refractivity contribution is 0.102. The average Bonchev–Trinajstić information content (AvgIpc) is 2.73. The second-order valence-corrected chi connectivity index (χ2v) is 6.80. The summed E-state index contributed by atoms with van der Waals surface area (Å²) >= 11 is 3.46. The summed E-state index contributed by atoms with van der Waals surface area (Å²) in [6.45, 7) is 0.368. The van der Waals surface area contributed by atoms with Crippen molar-refractivity contribution in [2.24, 2.45) is 0 Å². The summed E-state index contributed by atoms with van der Waals surface area (Å²) in [5.74, 6) is 1.50. The monoisotopic (exact) mass is 441 g/mol. The highest BCUT2D eigenvalue weighted by Crippen LogP contribution is 2.37. The quantitative estimate of drug-likeness (QED) is 0.540. The summed E-state index contributed by atoms with van der Waals surface area (Å²) in [7, 11) is 3.16. The Morgan fingerprint density at radius 2 is 1.68 bits per heavy atom. The van der Waals surface area contributed by atoms with Gasteiger partial charge in [-0.25, -0.2) is 0 Å². The van der Waals surface area contributed by atoms with Crippen molar-refractivity contribution in [1.29, 1.82) is 0 Å². The predicted molar refractivity (Wildman–Crippen MR) is 112 cm³/mol. The molecular formula is C22H20BrNO4. The van der Waals surface area contributed by atoms with E-state index in [4.69, 9.17) is 14.2 Å². The Bertz CT molecular complexity index is 943. The van der Waals surface area contributed by atoms with Gasteiger partial charge in [0.25, 0.3) is 5.91 Å². The first-order chi connectivity index (χ1) is 13.6. The van der Waals surface area contributed by atoms with E-state index in [0.717, 1.165) is 11.3 Å². The lowest BCUT2D eigenvalue weighted by Crippen LogP contribution is -2.12. The predicted octanol–water partition coefficient (Wildman–Crippen LogP) is 5.30. The van der Waals surface area contributed by atoms with E-state index < -0.39 is 0 Å². The van der Waals surface area contributed by atoms with Gasteiger partial charge in [-0.05, 0) is 57.9 Å². The molecule has 6 heteroatoms. The lowest BCUT2D eigenvalue weighted by Gasteiger charge is -2.14. The Hall–Kier alpha value is -2.99. The highest BCUT2D eigenvalue weighted by Gasteiger charge is 2.16. The molecule has 1 amide bonds. The van der Waals surface area contributed by atoms with Crippen molar-refractivity contribution in [2.45, 2.75) is 6.61 Å². The van der Waals surface area contributed by atoms with Gasteiger partial charge in [-0.3, -0.25) is 4.79 Å². The highest BCUT2D eigenvalue weighted by atomic mass is 79.9. The molecule has 0 radical (unpaired) electrons. The zero-order valence-electron chi connectivity index (χ0n) is 15.6. The van der Waals surface area contributed by atoms with Crippen molar-refractivity contribution in [3.05, 3.63) is 82.3 Å². The Morgan fingerprint density at radius 3 is 2.32 bits per heavy atom. The van der Waals surface area contributed by atoms with Crippen LogP contribution in [0.1, 0.15) is 15.9 Å². The Kier molecular flexibility index (Phi) is 6.55. The molecule has 0 atom stereocenters. The number of hydrogen-bond acceptors (Lipinski definition) is 4. The largest absolute Gasteiger partial charge is 0.497 e. The van der Waals surface area contributed by atoms with Gasteiger partial charge in [0.2, 0.25) is 0 Å². The lowest BCUT2D eigenvalue weighted by atomic mass is 10.1. The Morgan fingerprint density at radius 1 is 0.964 bits per heavy atom. The van der Waals surface area contributed by atoms with Gasteiger partial charge >= 0.3 is 0 Å². The molecule has 0 spiro atoms. The van der Waals surface area contributed by atoms with Gasteiger partial charge in [0, 0.05) is 11.3 Å². The third-order valence-electron chi connectivity index (χ3n) is 4.06. The van der Waals surface area contributed by atoms with Crippen LogP contribution in [0.25, 0.3) is 0 Å². The van der Waals surface area contributed by atoms with Crippen molar-refractivity contribution in [3.8, 4) is 17.2 Å². The maximum absolute atomic E-state index is 12.7. The van der Waals surface area contributed by atoms with Crippen LogP contribution in [0, 0.1) is 0 Å². The van der Waals surface area contributed by atoms with E-state index in [-0.39, 0.29) is 5.91 Å². The molecule has 0 heterocycles. The molecule has 0 aliphatic heterocycles. The third-order valence-corrected chi connectivity index (χ3v) is 4.65. The fraction of sp³-hybridized carbons (Fsp3) is 0.136. The van der Waals surface area contributed by atoms with Crippen molar-refractivity contribution in [3.63, 3.8) is 0 Å². The number of halogens is 1. The van der Waals surface area contributed by atoms with Crippen LogP contribution in [-0.4, -0.2) is 20.1 Å². The number of hydrogen-bond donors (Lipinski definition) is 1. The molecule has 5 nitrogen and oxygen atoms in total. The maximum Gasteiger partial charge on any atom is 0.255 e. The zero-order chi connectivity index (χ0) is 19.9. The third kappa shape index (κ3) is 4.84. The van der Waals surface area contributed by atoms with E-state index in [1.807, 2.05) is 30.3 Å². The van der Waals surface area contributed by atoms with E-state index in [9.17, 15) is 4.79 Å². The topological polar surface area (TPSA) is 56.8 Å². The number of benzene rings is 3. The van der Waals surface area contributed by atoms with E-state index in [1.165, 1.54) is 0 Å². The zero-order valence-corrected chi connectivity index (χ0v) is 17.2. The number of amides is 1. The first kappa shape index (κ1) is 19.8. The number of anilines is 1. The number of ether oxygens (including phenoxy) is 3. The van der Waals surface area contributed by atoms with E-state index in [2.05, 4.69) is 21.2 Å². The second kappa shape index (κ2) is 9.28. The van der Waals surface area contributed by atoms with Crippen LogP contribution in [0.15, 0.2) is 71.2 Å². The Labute approximate surface area is 172 Å². The smallest absolute Gasteiger partial charge is 0.255 e. The van der Waals surface area contributed by atoms with Crippen molar-refractivity contribution < 1.29 is 19.0 Å². The summed E-state index contributed by atoms with van der Waals surface area (Å²) in [6.07, 6.45) is 0. The molecular weight excluding hydrogens is 422 g/mol. The van der Waals surface area contributed by atoms with Gasteiger partial charge in [-0.15, -0.1) is 0 Å². The molecule has 0 aromatic heterocycles. The standard InChI is InChI=1S/C22H20BrNO4/c1-26-18-10-8-17(9-11-18)24-22(25)16-12-19(23)21(27-2)20(13-16)28-14-15-6-4-3-5-7-15/h3-13H,14H2,1-2H3,(H,24,25). The molecule has 3 aromatic carbocycles. The average molecular weight is 442 g/mol. The summed E-state index contributed by atoms with van der Waals surface area (Å²) < 4.78 is 17.1. The summed E-state index contributed by atoms with van der Waals surface area (Å²) in [5.41, 5.74) is 2.14. The molecule has 0 aliphatic rings. The van der Waals surface area contributed by atoms with Gasteiger partial charge in [0.1, 0.15) is 12.4 Å². The van der Waals surface area contributed by atoms with Crippen molar-refractivity contribution in [2.75, 3.05) is 19.5 Å². The first-order valence-corrected chi connectivity index (χ1v) is 9.39. The minimum absolute atomic E-state index is 0.252. The molecule has 0 saturated heterocycles. The molecule has 28 heavy (non-hydrogen) atoms. The second-order valence-electron chi connectivity index (χ2n) is 5.95. The van der Waals surface area contributed by atoms with Crippen LogP contribution in [0.3, 0.4) is 0 Å². The molecule has 0 saturated carbocycles. The molecule has 0 aliphatic carbocycles. The minimum Gasteiger partial charge on any atom is -0.497 e. The molecule has 144 valence electrons. The number of methoxy groups -OCH3 is 2. The van der Waals surface area contributed by atoms with Crippen molar-refractivity contribution in [1.82, 2.24) is 0 Å². The molecule has 3 aromatic rings. The van der Waals surface area contributed by atoms with Crippen LogP contribution < -0.4 is 19.5 Å². The summed E-state index contributed by atoms with van der Waals surface area (Å²) in [4.78, 5) is 12.7. The van der Waals surface area contributed by atoms with Crippen molar-refractivity contribution >= 4 is 27.5 Å². The number of carbonyl (C=O) groups is 1. The maximum atomic E-state index is 12.7. The van der Waals surface area contributed by atoms with Crippen LogP contribution >= 0.6 is 15.9 Å². The van der Waals surface area contributed by atoms with Crippen LogP contribution in [0.4, 0.5) is 5.69 Å². The van der Waals surface area contributed by atoms with Crippen LogP contribution in [-0.2, 0) is 6.61 Å².